The van der Waals surface area contributed by atoms with Gasteiger partial charge in [-0.3, -0.25) is 4.79 Å². The van der Waals surface area contributed by atoms with E-state index in [9.17, 15) is 13.6 Å². The summed E-state index contributed by atoms with van der Waals surface area (Å²) in [7, 11) is 1.70. The third-order valence-corrected chi connectivity index (χ3v) is 3.75. The van der Waals surface area contributed by atoms with Crippen LogP contribution < -0.4 is 5.32 Å². The number of carbonyl (C=O) groups is 1. The molecule has 1 fully saturated rings. The van der Waals surface area contributed by atoms with E-state index in [1.165, 1.54) is 6.07 Å². The topological polar surface area (TPSA) is 32.3 Å². The van der Waals surface area contributed by atoms with Crippen molar-refractivity contribution < 1.29 is 13.6 Å². The van der Waals surface area contributed by atoms with Crippen molar-refractivity contribution in [3.05, 3.63) is 35.4 Å². The highest BCUT2D eigenvalue weighted by molar-refractivity contribution is 5.78. The zero-order chi connectivity index (χ0) is 14.7. The lowest BCUT2D eigenvalue weighted by Crippen LogP contribution is -2.42. The Hall–Kier alpha value is -1.49. The number of rotatable bonds is 3. The zero-order valence-corrected chi connectivity index (χ0v) is 11.8. The van der Waals surface area contributed by atoms with Crippen molar-refractivity contribution in [2.75, 3.05) is 13.6 Å². The number of halogens is 2. The number of nitrogens with one attached hydrogen (secondary N) is 1. The van der Waals surface area contributed by atoms with E-state index in [1.807, 2.05) is 0 Å². The summed E-state index contributed by atoms with van der Waals surface area (Å²) in [4.78, 5) is 13.9. The first-order valence-electron chi connectivity index (χ1n) is 6.89. The molecule has 1 N–H and O–H groups in total. The van der Waals surface area contributed by atoms with Crippen LogP contribution in [0.5, 0.6) is 0 Å². The standard InChI is InChI=1S/C15H20F2N2O/c1-10-7-12(5-6-18-10)15(20)19(2)9-11-3-4-13(16)14(17)8-11/h3-4,8,10,12,18H,5-7,9H2,1-2H3. The van der Waals surface area contributed by atoms with Gasteiger partial charge in [0.2, 0.25) is 5.91 Å². The van der Waals surface area contributed by atoms with E-state index >= 15 is 0 Å². The molecule has 2 rings (SSSR count). The molecule has 1 aromatic carbocycles. The van der Waals surface area contributed by atoms with Crippen molar-refractivity contribution in [1.29, 1.82) is 0 Å². The number of piperidine rings is 1. The molecule has 0 spiro atoms. The average molecular weight is 282 g/mol. The second kappa shape index (κ2) is 6.31. The normalized spacial score (nSPS) is 22.6. The van der Waals surface area contributed by atoms with Crippen LogP contribution in [-0.4, -0.2) is 30.4 Å². The van der Waals surface area contributed by atoms with Crippen LogP contribution in [-0.2, 0) is 11.3 Å². The summed E-state index contributed by atoms with van der Waals surface area (Å²) < 4.78 is 26.0. The van der Waals surface area contributed by atoms with Gasteiger partial charge in [-0.1, -0.05) is 6.07 Å². The van der Waals surface area contributed by atoms with E-state index in [0.717, 1.165) is 31.5 Å². The van der Waals surface area contributed by atoms with Crippen LogP contribution in [0.2, 0.25) is 0 Å². The molecular formula is C15H20F2N2O. The molecule has 1 saturated heterocycles. The minimum atomic E-state index is -0.876. The van der Waals surface area contributed by atoms with Crippen LogP contribution in [0.1, 0.15) is 25.3 Å². The molecule has 0 bridgehead atoms. The van der Waals surface area contributed by atoms with Crippen molar-refractivity contribution in [3.8, 4) is 0 Å². The minimum absolute atomic E-state index is 0.0153. The number of carbonyl (C=O) groups excluding carboxylic acids is 1. The molecule has 2 atom stereocenters. The predicted octanol–water partition coefficient (Wildman–Crippen LogP) is 2.31. The summed E-state index contributed by atoms with van der Waals surface area (Å²) in [6, 6.07) is 4.09. The Morgan fingerprint density at radius 1 is 1.40 bits per heavy atom. The lowest BCUT2D eigenvalue weighted by molar-refractivity contribution is -0.135. The lowest BCUT2D eigenvalue weighted by Gasteiger charge is -2.30. The van der Waals surface area contributed by atoms with Crippen LogP contribution in [0.4, 0.5) is 8.78 Å². The monoisotopic (exact) mass is 282 g/mol. The first kappa shape index (κ1) is 14.9. The van der Waals surface area contributed by atoms with Crippen LogP contribution in [0, 0.1) is 17.6 Å². The molecule has 5 heteroatoms. The molecule has 3 nitrogen and oxygen atoms in total. The molecule has 0 aliphatic carbocycles. The predicted molar refractivity (Wildman–Crippen MR) is 73.0 cm³/mol. The SMILES string of the molecule is CC1CC(C(=O)N(C)Cc2ccc(F)c(F)c2)CCN1. The largest absolute Gasteiger partial charge is 0.341 e. The average Bonchev–Trinajstić information content (AvgIpc) is 2.42. The Balaban J connectivity index is 1.98. The molecule has 1 amide bonds. The smallest absolute Gasteiger partial charge is 0.225 e. The third kappa shape index (κ3) is 3.54. The van der Waals surface area contributed by atoms with Crippen molar-refractivity contribution >= 4 is 5.91 Å². The summed E-state index contributed by atoms with van der Waals surface area (Å²) in [6.07, 6.45) is 1.65. The van der Waals surface area contributed by atoms with Gasteiger partial charge in [0.05, 0.1) is 0 Å². The van der Waals surface area contributed by atoms with E-state index in [0.29, 0.717) is 18.2 Å². The van der Waals surface area contributed by atoms with Crippen molar-refractivity contribution in [2.45, 2.75) is 32.4 Å². The molecule has 0 saturated carbocycles. The van der Waals surface area contributed by atoms with Gasteiger partial charge >= 0.3 is 0 Å². The molecule has 110 valence electrons. The molecular weight excluding hydrogens is 262 g/mol. The fraction of sp³-hybridized carbons (Fsp3) is 0.533. The first-order chi connectivity index (χ1) is 9.47. The molecule has 20 heavy (non-hydrogen) atoms. The maximum Gasteiger partial charge on any atom is 0.225 e. The van der Waals surface area contributed by atoms with Crippen molar-refractivity contribution in [3.63, 3.8) is 0 Å². The summed E-state index contributed by atoms with van der Waals surface area (Å²) in [6.45, 7) is 3.21. The van der Waals surface area contributed by atoms with E-state index in [-0.39, 0.29) is 11.8 Å². The van der Waals surface area contributed by atoms with Crippen LogP contribution >= 0.6 is 0 Å². The molecule has 2 unspecified atom stereocenters. The Kier molecular flexibility index (Phi) is 4.70. The summed E-state index contributed by atoms with van der Waals surface area (Å²) >= 11 is 0. The molecule has 0 aromatic heterocycles. The number of hydrogen-bond acceptors (Lipinski definition) is 2. The Morgan fingerprint density at radius 2 is 2.15 bits per heavy atom. The van der Waals surface area contributed by atoms with Gasteiger partial charge in [0.15, 0.2) is 11.6 Å². The highest BCUT2D eigenvalue weighted by atomic mass is 19.2. The van der Waals surface area contributed by atoms with Crippen LogP contribution in [0.15, 0.2) is 18.2 Å². The van der Waals surface area contributed by atoms with Crippen LogP contribution in [0.25, 0.3) is 0 Å². The molecule has 1 aliphatic heterocycles. The number of nitrogens with zero attached hydrogens (tertiary/aromatic N) is 1. The van der Waals surface area contributed by atoms with Crippen molar-refractivity contribution in [2.24, 2.45) is 5.92 Å². The highest BCUT2D eigenvalue weighted by Gasteiger charge is 2.27. The van der Waals surface area contributed by atoms with E-state index in [1.54, 1.807) is 11.9 Å². The summed E-state index contributed by atoms with van der Waals surface area (Å²) in [5, 5.41) is 3.31. The second-order valence-corrected chi connectivity index (χ2v) is 5.52. The van der Waals surface area contributed by atoms with Gasteiger partial charge in [0, 0.05) is 25.6 Å². The highest BCUT2D eigenvalue weighted by Crippen LogP contribution is 2.19. The van der Waals surface area contributed by atoms with Gasteiger partial charge in [-0.15, -0.1) is 0 Å². The van der Waals surface area contributed by atoms with E-state index in [2.05, 4.69) is 12.2 Å². The molecule has 1 aromatic rings. The van der Waals surface area contributed by atoms with Gasteiger partial charge in [0.25, 0.3) is 0 Å². The second-order valence-electron chi connectivity index (χ2n) is 5.52. The first-order valence-corrected chi connectivity index (χ1v) is 6.89. The Bertz CT molecular complexity index is 493. The van der Waals surface area contributed by atoms with Gasteiger partial charge in [-0.05, 0) is 44.0 Å². The maximum atomic E-state index is 13.1. The summed E-state index contributed by atoms with van der Waals surface area (Å²) in [5.74, 6) is -1.65. The van der Waals surface area contributed by atoms with E-state index in [4.69, 9.17) is 0 Å². The van der Waals surface area contributed by atoms with Gasteiger partial charge in [-0.25, -0.2) is 8.78 Å². The lowest BCUT2D eigenvalue weighted by atomic mass is 9.92. The number of benzene rings is 1. The summed E-state index contributed by atoms with van der Waals surface area (Å²) in [5.41, 5.74) is 0.599. The Labute approximate surface area is 118 Å². The minimum Gasteiger partial charge on any atom is -0.341 e. The van der Waals surface area contributed by atoms with Gasteiger partial charge in [-0.2, -0.15) is 0 Å². The molecule has 1 aliphatic rings. The molecule has 1 heterocycles. The zero-order valence-electron chi connectivity index (χ0n) is 11.8. The van der Waals surface area contributed by atoms with Gasteiger partial charge in [0.1, 0.15) is 0 Å². The quantitative estimate of drug-likeness (QED) is 0.922. The van der Waals surface area contributed by atoms with Crippen molar-refractivity contribution in [1.82, 2.24) is 10.2 Å². The molecule has 0 radical (unpaired) electrons. The van der Waals surface area contributed by atoms with Crippen LogP contribution in [0.3, 0.4) is 0 Å². The Morgan fingerprint density at radius 3 is 2.80 bits per heavy atom. The number of amides is 1. The number of hydrogen-bond donors (Lipinski definition) is 1. The van der Waals surface area contributed by atoms with E-state index < -0.39 is 11.6 Å². The fourth-order valence-electron chi connectivity index (χ4n) is 2.66. The maximum absolute atomic E-state index is 13.1. The van der Waals surface area contributed by atoms with Gasteiger partial charge < -0.3 is 10.2 Å². The fourth-order valence-corrected chi connectivity index (χ4v) is 2.66. The third-order valence-electron chi connectivity index (χ3n) is 3.75.